The number of amides is 2. The van der Waals surface area contributed by atoms with Crippen LogP contribution in [0.5, 0.6) is 0 Å². The number of aromatic nitrogens is 1. The van der Waals surface area contributed by atoms with Crippen molar-refractivity contribution in [1.29, 1.82) is 0 Å². The number of thiazole rings is 1. The summed E-state index contributed by atoms with van der Waals surface area (Å²) >= 11 is 0.876. The smallest absolute Gasteiger partial charge is 0.268 e. The lowest BCUT2D eigenvalue weighted by Gasteiger charge is -2.08. The molecule has 0 saturated carbocycles. The van der Waals surface area contributed by atoms with Crippen molar-refractivity contribution in [2.75, 3.05) is 4.90 Å². The molecular weight excluding hydrogens is 341 g/mol. The molecular formula is C16H7F3N2O2S. The maximum absolute atomic E-state index is 12.8. The van der Waals surface area contributed by atoms with Gasteiger partial charge in [0.15, 0.2) is 0 Å². The summed E-state index contributed by atoms with van der Waals surface area (Å²) in [6.07, 6.45) is -4.46. The van der Waals surface area contributed by atoms with Crippen LogP contribution >= 0.6 is 11.3 Å². The SMILES string of the molecule is O=C1c2ccccc2C(=O)N1c1nc2ccc(C(F)(F)F)cc2s1. The summed E-state index contributed by atoms with van der Waals surface area (Å²) in [4.78, 5) is 29.8. The van der Waals surface area contributed by atoms with E-state index in [-0.39, 0.29) is 21.0 Å². The van der Waals surface area contributed by atoms with Gasteiger partial charge in [-0.1, -0.05) is 23.5 Å². The van der Waals surface area contributed by atoms with Crippen LogP contribution in [0.1, 0.15) is 26.3 Å². The Morgan fingerprint density at radius 1 is 0.958 bits per heavy atom. The maximum atomic E-state index is 12.8. The molecule has 0 unspecified atom stereocenters. The Labute approximate surface area is 137 Å². The van der Waals surface area contributed by atoms with Crippen LogP contribution in [0.4, 0.5) is 18.3 Å². The van der Waals surface area contributed by atoms with Gasteiger partial charge < -0.3 is 0 Å². The molecule has 2 aromatic carbocycles. The van der Waals surface area contributed by atoms with Gasteiger partial charge in [-0.05, 0) is 30.3 Å². The van der Waals surface area contributed by atoms with E-state index in [1.54, 1.807) is 12.1 Å². The first-order chi connectivity index (χ1) is 11.4. The number of hydrogen-bond donors (Lipinski definition) is 0. The predicted octanol–water partition coefficient (Wildman–Crippen LogP) is 4.12. The molecule has 0 spiro atoms. The van der Waals surface area contributed by atoms with E-state index in [1.165, 1.54) is 18.2 Å². The number of carbonyl (C=O) groups excluding carboxylic acids is 2. The number of hydrogen-bond acceptors (Lipinski definition) is 4. The average Bonchev–Trinajstić information content (AvgIpc) is 3.06. The quantitative estimate of drug-likeness (QED) is 0.622. The molecule has 2 amide bonds. The van der Waals surface area contributed by atoms with Crippen molar-refractivity contribution in [2.24, 2.45) is 0 Å². The fourth-order valence-corrected chi connectivity index (χ4v) is 3.55. The van der Waals surface area contributed by atoms with Crippen molar-refractivity contribution < 1.29 is 22.8 Å². The van der Waals surface area contributed by atoms with Crippen LogP contribution in [0.2, 0.25) is 0 Å². The molecule has 3 aromatic rings. The van der Waals surface area contributed by atoms with E-state index in [9.17, 15) is 22.8 Å². The lowest BCUT2D eigenvalue weighted by molar-refractivity contribution is -0.137. The second-order valence-electron chi connectivity index (χ2n) is 5.17. The van der Waals surface area contributed by atoms with Gasteiger partial charge in [0.1, 0.15) is 0 Å². The van der Waals surface area contributed by atoms with Gasteiger partial charge in [-0.15, -0.1) is 0 Å². The molecule has 0 N–H and O–H groups in total. The van der Waals surface area contributed by atoms with Crippen molar-refractivity contribution in [3.63, 3.8) is 0 Å². The zero-order chi connectivity index (χ0) is 17.1. The normalized spacial score (nSPS) is 14.5. The number of carbonyl (C=O) groups is 2. The van der Waals surface area contributed by atoms with Crippen LogP contribution in [-0.4, -0.2) is 16.8 Å². The van der Waals surface area contributed by atoms with Gasteiger partial charge in [-0.25, -0.2) is 9.88 Å². The van der Waals surface area contributed by atoms with Crippen molar-refractivity contribution in [3.05, 3.63) is 59.2 Å². The van der Waals surface area contributed by atoms with Crippen molar-refractivity contribution >= 4 is 38.5 Å². The number of imide groups is 1. The molecule has 0 aliphatic carbocycles. The lowest BCUT2D eigenvalue weighted by atomic mass is 10.1. The highest BCUT2D eigenvalue weighted by Crippen LogP contribution is 2.37. The second kappa shape index (κ2) is 4.88. The van der Waals surface area contributed by atoms with Crippen LogP contribution in [0.3, 0.4) is 0 Å². The highest BCUT2D eigenvalue weighted by molar-refractivity contribution is 7.22. The fraction of sp³-hybridized carbons (Fsp3) is 0.0625. The zero-order valence-corrected chi connectivity index (χ0v) is 12.6. The molecule has 0 bridgehead atoms. The number of benzene rings is 2. The zero-order valence-electron chi connectivity index (χ0n) is 11.8. The monoisotopic (exact) mass is 348 g/mol. The summed E-state index contributed by atoms with van der Waals surface area (Å²) in [5.41, 5.74) is 0.0302. The van der Waals surface area contributed by atoms with E-state index in [2.05, 4.69) is 4.98 Å². The molecule has 1 aliphatic rings. The second-order valence-corrected chi connectivity index (χ2v) is 6.18. The molecule has 0 radical (unpaired) electrons. The Kier molecular flexibility index (Phi) is 3.01. The number of halogens is 3. The van der Waals surface area contributed by atoms with Crippen LogP contribution in [-0.2, 0) is 6.18 Å². The molecule has 4 nitrogen and oxygen atoms in total. The summed E-state index contributed by atoms with van der Waals surface area (Å²) in [5.74, 6) is -1.04. The molecule has 2 heterocycles. The Morgan fingerprint density at radius 3 is 2.17 bits per heavy atom. The Hall–Kier alpha value is -2.74. The minimum Gasteiger partial charge on any atom is -0.268 e. The van der Waals surface area contributed by atoms with E-state index in [0.717, 1.165) is 28.4 Å². The third-order valence-corrected chi connectivity index (χ3v) is 4.69. The van der Waals surface area contributed by atoms with E-state index in [4.69, 9.17) is 0 Å². The van der Waals surface area contributed by atoms with Crippen LogP contribution in [0, 0.1) is 0 Å². The largest absolute Gasteiger partial charge is 0.416 e. The molecule has 1 aromatic heterocycles. The Balaban J connectivity index is 1.81. The molecule has 0 atom stereocenters. The van der Waals surface area contributed by atoms with E-state index < -0.39 is 23.6 Å². The van der Waals surface area contributed by atoms with Crippen LogP contribution in [0.15, 0.2) is 42.5 Å². The fourth-order valence-electron chi connectivity index (χ4n) is 2.55. The van der Waals surface area contributed by atoms with Crippen molar-refractivity contribution in [3.8, 4) is 0 Å². The minimum atomic E-state index is -4.46. The number of rotatable bonds is 1. The number of nitrogens with zero attached hydrogens (tertiary/aromatic N) is 2. The molecule has 120 valence electrons. The van der Waals surface area contributed by atoms with Gasteiger partial charge in [0.25, 0.3) is 11.8 Å². The first kappa shape index (κ1) is 14.8. The van der Waals surface area contributed by atoms with E-state index >= 15 is 0 Å². The first-order valence-electron chi connectivity index (χ1n) is 6.82. The molecule has 0 fully saturated rings. The lowest BCUT2D eigenvalue weighted by Crippen LogP contribution is -2.29. The predicted molar refractivity (Wildman–Crippen MR) is 82.2 cm³/mol. The highest BCUT2D eigenvalue weighted by Gasteiger charge is 2.38. The van der Waals surface area contributed by atoms with Crippen LogP contribution in [0.25, 0.3) is 10.2 Å². The first-order valence-corrected chi connectivity index (χ1v) is 7.63. The third kappa shape index (κ3) is 2.10. The average molecular weight is 348 g/mol. The topological polar surface area (TPSA) is 50.3 Å². The molecule has 8 heteroatoms. The number of anilines is 1. The molecule has 24 heavy (non-hydrogen) atoms. The number of alkyl halides is 3. The summed E-state index contributed by atoms with van der Waals surface area (Å²) in [6.45, 7) is 0. The summed E-state index contributed by atoms with van der Waals surface area (Å²) in [5, 5.41) is 0.0653. The minimum absolute atomic E-state index is 0.0653. The van der Waals surface area contributed by atoms with Gasteiger partial charge in [0.2, 0.25) is 5.13 Å². The Morgan fingerprint density at radius 2 is 1.58 bits per heavy atom. The number of fused-ring (bicyclic) bond motifs is 2. The van der Waals surface area contributed by atoms with Crippen LogP contribution < -0.4 is 4.90 Å². The van der Waals surface area contributed by atoms with Gasteiger partial charge in [-0.3, -0.25) is 9.59 Å². The van der Waals surface area contributed by atoms with Gasteiger partial charge in [0.05, 0.1) is 26.9 Å². The molecule has 1 aliphatic heterocycles. The van der Waals surface area contributed by atoms with E-state index in [1.807, 2.05) is 0 Å². The third-order valence-electron chi connectivity index (χ3n) is 3.69. The van der Waals surface area contributed by atoms with E-state index in [0.29, 0.717) is 5.52 Å². The summed E-state index contributed by atoms with van der Waals surface area (Å²) < 4.78 is 38.6. The summed E-state index contributed by atoms with van der Waals surface area (Å²) in [7, 11) is 0. The highest BCUT2D eigenvalue weighted by atomic mass is 32.1. The molecule has 4 rings (SSSR count). The summed E-state index contributed by atoms with van der Waals surface area (Å²) in [6, 6.07) is 9.47. The molecule has 0 saturated heterocycles. The van der Waals surface area contributed by atoms with Crippen molar-refractivity contribution in [1.82, 2.24) is 4.98 Å². The maximum Gasteiger partial charge on any atom is 0.416 e. The van der Waals surface area contributed by atoms with Gasteiger partial charge in [-0.2, -0.15) is 13.2 Å². The standard InChI is InChI=1S/C16H7F3N2O2S/c17-16(18,19)8-5-6-11-12(7-8)24-15(20-11)21-13(22)9-3-1-2-4-10(9)14(21)23/h1-7H. The van der Waals surface area contributed by atoms with Gasteiger partial charge >= 0.3 is 6.18 Å². The van der Waals surface area contributed by atoms with Crippen molar-refractivity contribution in [2.45, 2.75) is 6.18 Å². The Bertz CT molecular complexity index is 975. The van der Waals surface area contributed by atoms with Gasteiger partial charge in [0, 0.05) is 0 Å².